The molecule has 0 unspecified atom stereocenters. The number of fused-ring (bicyclic) bond motifs is 3. The average Bonchev–Trinajstić information content (AvgIpc) is 3.11. The Labute approximate surface area is 297 Å². The first-order valence-corrected chi connectivity index (χ1v) is 17.4. The van der Waals surface area contributed by atoms with E-state index in [2.05, 4.69) is 31.6 Å². The van der Waals surface area contributed by atoms with Crippen molar-refractivity contribution in [3.8, 4) is 0 Å². The van der Waals surface area contributed by atoms with Crippen LogP contribution in [0.1, 0.15) is 55.2 Å². The second kappa shape index (κ2) is 19.6. The monoisotopic (exact) mass is 699 g/mol. The molecule has 0 aromatic heterocycles. The molecule has 0 radical (unpaired) electrons. The summed E-state index contributed by atoms with van der Waals surface area (Å²) in [6.45, 7) is 0.606. The lowest BCUT2D eigenvalue weighted by Gasteiger charge is -2.24. The third kappa shape index (κ3) is 12.7. The van der Waals surface area contributed by atoms with E-state index in [1.165, 1.54) is 0 Å². The van der Waals surface area contributed by atoms with Gasteiger partial charge in [-0.25, -0.2) is 4.99 Å². The van der Waals surface area contributed by atoms with Crippen LogP contribution in [0.3, 0.4) is 0 Å². The molecule has 272 valence electrons. The number of hydrogen-bond acceptors (Lipinski definition) is 7. The van der Waals surface area contributed by atoms with Crippen molar-refractivity contribution in [1.82, 2.24) is 26.6 Å². The van der Waals surface area contributed by atoms with Crippen LogP contribution < -0.4 is 43.8 Å². The summed E-state index contributed by atoms with van der Waals surface area (Å²) in [6, 6.07) is 18.2. The predicted octanol–water partition coefficient (Wildman–Crippen LogP) is 0.398. The van der Waals surface area contributed by atoms with Gasteiger partial charge in [0.1, 0.15) is 18.1 Å². The number of benzene rings is 3. The van der Waals surface area contributed by atoms with Crippen LogP contribution >= 0.6 is 0 Å². The maximum absolute atomic E-state index is 13.9. The molecular formula is C37H49N9O5. The fraction of sp³-hybridized carbons (Fsp3) is 0.405. The van der Waals surface area contributed by atoms with E-state index in [1.807, 2.05) is 48.5 Å². The molecule has 14 heteroatoms. The SMILES string of the molecule is NCCCC[C@@H]1NC(=O)[C@H](Cc2ccc3ccccc3c2)NC(=O)Cc2cccc(c2)CNC(=O)CNC(=O)[C@H](N=C(N)N)CCCCNC1=O. The number of hydrogen-bond donors (Lipinski definition) is 8. The van der Waals surface area contributed by atoms with Crippen LogP contribution in [0, 0.1) is 0 Å². The summed E-state index contributed by atoms with van der Waals surface area (Å²) >= 11 is 0. The minimum Gasteiger partial charge on any atom is -0.370 e. The number of carbonyl (C=O) groups is 5. The zero-order valence-corrected chi connectivity index (χ0v) is 28.8. The second-order valence-electron chi connectivity index (χ2n) is 12.7. The Morgan fingerprint density at radius 2 is 1.49 bits per heavy atom. The highest BCUT2D eigenvalue weighted by Crippen LogP contribution is 2.17. The van der Waals surface area contributed by atoms with Crippen molar-refractivity contribution in [3.05, 3.63) is 83.4 Å². The lowest BCUT2D eigenvalue weighted by atomic mass is 10.00. The van der Waals surface area contributed by atoms with E-state index >= 15 is 0 Å². The maximum Gasteiger partial charge on any atom is 0.245 e. The van der Waals surface area contributed by atoms with Gasteiger partial charge in [0, 0.05) is 19.5 Å². The summed E-state index contributed by atoms with van der Waals surface area (Å²) in [7, 11) is 0. The van der Waals surface area contributed by atoms with Crippen molar-refractivity contribution in [2.45, 2.75) is 76.0 Å². The van der Waals surface area contributed by atoms with Gasteiger partial charge in [-0.3, -0.25) is 24.0 Å². The second-order valence-corrected chi connectivity index (χ2v) is 12.7. The van der Waals surface area contributed by atoms with Crippen molar-refractivity contribution in [2.75, 3.05) is 19.6 Å². The molecule has 1 heterocycles. The molecule has 3 aromatic carbocycles. The standard InChI is InChI=1S/C37H49N9O5/c38-16-5-3-12-29-34(49)41-17-6-4-13-30(46-37(39)40)35(50)43-23-33(48)42-22-26-9-7-8-24(18-26)21-32(47)44-31(36(51)45-29)20-25-14-15-27-10-1-2-11-28(27)19-25/h1-2,7-11,14-15,18-19,29-31H,3-6,12-13,16-17,20-23,38H2,(H,41,49)(H,42,48)(H,43,50)(H,44,47)(H,45,51)(H4,39,40,46)/t29-,30+,31-/m0/s1. The number of aliphatic imine (C=N–C) groups is 1. The summed E-state index contributed by atoms with van der Waals surface area (Å²) in [5.74, 6) is -2.40. The molecule has 0 fully saturated rings. The molecule has 11 N–H and O–H groups in total. The summed E-state index contributed by atoms with van der Waals surface area (Å²) in [5, 5.41) is 16.1. The summed E-state index contributed by atoms with van der Waals surface area (Å²) in [5.41, 5.74) is 19.1. The number of nitrogens with zero attached hydrogens (tertiary/aromatic N) is 1. The van der Waals surface area contributed by atoms with E-state index in [9.17, 15) is 24.0 Å². The Balaban J connectivity index is 1.58. The highest BCUT2D eigenvalue weighted by atomic mass is 16.2. The highest BCUT2D eigenvalue weighted by molar-refractivity contribution is 5.93. The van der Waals surface area contributed by atoms with Gasteiger partial charge >= 0.3 is 0 Å². The number of unbranched alkanes of at least 4 members (excludes halogenated alkanes) is 1. The first-order valence-electron chi connectivity index (χ1n) is 17.4. The van der Waals surface area contributed by atoms with Gasteiger partial charge in [0.05, 0.1) is 13.0 Å². The summed E-state index contributed by atoms with van der Waals surface area (Å²) in [6.07, 6.45) is 3.09. The van der Waals surface area contributed by atoms with Gasteiger partial charge in [-0.15, -0.1) is 0 Å². The summed E-state index contributed by atoms with van der Waals surface area (Å²) in [4.78, 5) is 70.2. The molecular weight excluding hydrogens is 650 g/mol. The third-order valence-corrected chi connectivity index (χ3v) is 8.57. The molecule has 0 saturated heterocycles. The number of rotatable bonds is 7. The van der Waals surface area contributed by atoms with Gasteiger partial charge in [0.15, 0.2) is 5.96 Å². The number of amides is 5. The summed E-state index contributed by atoms with van der Waals surface area (Å²) < 4.78 is 0. The Hall–Kier alpha value is -5.50. The molecule has 3 aromatic rings. The lowest BCUT2D eigenvalue weighted by Crippen LogP contribution is -2.54. The lowest BCUT2D eigenvalue weighted by molar-refractivity contribution is -0.132. The van der Waals surface area contributed by atoms with E-state index in [0.29, 0.717) is 44.2 Å². The van der Waals surface area contributed by atoms with Crippen molar-refractivity contribution in [1.29, 1.82) is 0 Å². The van der Waals surface area contributed by atoms with Crippen molar-refractivity contribution >= 4 is 46.3 Å². The quantitative estimate of drug-likeness (QED) is 0.0974. The van der Waals surface area contributed by atoms with Gasteiger partial charge < -0.3 is 43.8 Å². The Bertz CT molecular complexity index is 1710. The van der Waals surface area contributed by atoms with Crippen molar-refractivity contribution in [3.63, 3.8) is 0 Å². The van der Waals surface area contributed by atoms with E-state index in [4.69, 9.17) is 17.2 Å². The molecule has 5 amide bonds. The van der Waals surface area contributed by atoms with Crippen LogP contribution in [0.2, 0.25) is 0 Å². The molecule has 3 atom stereocenters. The Morgan fingerprint density at radius 3 is 2.27 bits per heavy atom. The molecule has 0 aliphatic carbocycles. The Morgan fingerprint density at radius 1 is 0.706 bits per heavy atom. The van der Waals surface area contributed by atoms with E-state index in [0.717, 1.165) is 21.9 Å². The van der Waals surface area contributed by atoms with Gasteiger partial charge in [-0.1, -0.05) is 66.7 Å². The topological polar surface area (TPSA) is 236 Å². The molecule has 0 saturated carbocycles. The molecule has 4 rings (SSSR count). The maximum atomic E-state index is 13.9. The zero-order chi connectivity index (χ0) is 36.6. The van der Waals surface area contributed by atoms with E-state index < -0.39 is 35.8 Å². The number of carbonyl (C=O) groups excluding carboxylic acids is 5. The third-order valence-electron chi connectivity index (χ3n) is 8.57. The fourth-order valence-electron chi connectivity index (χ4n) is 5.91. The highest BCUT2D eigenvalue weighted by Gasteiger charge is 2.27. The smallest absolute Gasteiger partial charge is 0.245 e. The number of guanidine groups is 1. The van der Waals surface area contributed by atoms with Gasteiger partial charge in [-0.2, -0.15) is 0 Å². The van der Waals surface area contributed by atoms with Crippen molar-refractivity contribution in [2.24, 2.45) is 22.2 Å². The molecule has 2 bridgehead atoms. The van der Waals surface area contributed by atoms with Crippen LogP contribution in [0.5, 0.6) is 0 Å². The minimum atomic E-state index is -0.968. The van der Waals surface area contributed by atoms with E-state index in [-0.39, 0.29) is 56.7 Å². The van der Waals surface area contributed by atoms with Gasteiger partial charge in [0.2, 0.25) is 29.5 Å². The number of nitrogens with one attached hydrogen (secondary N) is 5. The van der Waals surface area contributed by atoms with Gasteiger partial charge in [0.25, 0.3) is 0 Å². The van der Waals surface area contributed by atoms with Crippen LogP contribution in [-0.2, 0) is 43.4 Å². The molecule has 1 aliphatic rings. The molecule has 14 nitrogen and oxygen atoms in total. The average molecular weight is 700 g/mol. The van der Waals surface area contributed by atoms with Crippen LogP contribution in [0.4, 0.5) is 0 Å². The molecule has 1 aliphatic heterocycles. The Kier molecular flexibility index (Phi) is 14.7. The van der Waals surface area contributed by atoms with Gasteiger partial charge in [-0.05, 0) is 72.5 Å². The number of nitrogens with two attached hydrogens (primary N) is 3. The fourth-order valence-corrected chi connectivity index (χ4v) is 5.91. The van der Waals surface area contributed by atoms with E-state index in [1.54, 1.807) is 18.2 Å². The first-order chi connectivity index (χ1) is 24.6. The molecule has 0 spiro atoms. The predicted molar refractivity (Wildman–Crippen MR) is 196 cm³/mol. The van der Waals surface area contributed by atoms with Crippen LogP contribution in [0.15, 0.2) is 71.7 Å². The van der Waals surface area contributed by atoms with Crippen LogP contribution in [-0.4, -0.2) is 73.3 Å². The van der Waals surface area contributed by atoms with Crippen molar-refractivity contribution < 1.29 is 24.0 Å². The largest absolute Gasteiger partial charge is 0.370 e. The molecule has 51 heavy (non-hydrogen) atoms. The normalized spacial score (nSPS) is 20.3. The van der Waals surface area contributed by atoms with Crippen LogP contribution in [0.25, 0.3) is 10.8 Å². The minimum absolute atomic E-state index is 0.0219. The first kappa shape index (κ1) is 38.3. The zero-order valence-electron chi connectivity index (χ0n) is 28.8.